The Kier molecular flexibility index (Phi) is 3.63. The van der Waals surface area contributed by atoms with Gasteiger partial charge in [-0.3, -0.25) is 9.59 Å². The summed E-state index contributed by atoms with van der Waals surface area (Å²) in [7, 11) is 0. The number of anilines is 1. The molecule has 0 aromatic carbocycles. The Morgan fingerprint density at radius 3 is 2.67 bits per heavy atom. The molecule has 7 heteroatoms. The van der Waals surface area contributed by atoms with Crippen LogP contribution in [0.3, 0.4) is 0 Å². The molecule has 1 aliphatic rings. The third-order valence-electron chi connectivity index (χ3n) is 3.49. The van der Waals surface area contributed by atoms with Gasteiger partial charge in [0.1, 0.15) is 11.4 Å². The van der Waals surface area contributed by atoms with E-state index in [1.165, 1.54) is 12.5 Å². The molecular weight excluding hydrogens is 270 g/mol. The van der Waals surface area contributed by atoms with Gasteiger partial charge < -0.3 is 14.8 Å². The summed E-state index contributed by atoms with van der Waals surface area (Å²) in [5, 5.41) is 0. The van der Waals surface area contributed by atoms with Gasteiger partial charge in [0.05, 0.1) is 6.33 Å². The Bertz CT molecular complexity index is 677. The molecule has 0 spiro atoms. The lowest BCUT2D eigenvalue weighted by atomic mass is 10.2. The highest BCUT2D eigenvalue weighted by Gasteiger charge is 2.24. The normalized spacial score (nSPS) is 15.0. The van der Waals surface area contributed by atoms with E-state index in [-0.39, 0.29) is 11.5 Å². The lowest BCUT2D eigenvalue weighted by Gasteiger charge is -2.35. The van der Waals surface area contributed by atoms with Crippen LogP contribution in [-0.2, 0) is 0 Å². The Morgan fingerprint density at radius 1 is 1.19 bits per heavy atom. The Hall–Kier alpha value is -2.70. The van der Waals surface area contributed by atoms with Gasteiger partial charge in [-0.15, -0.1) is 0 Å². The second-order valence-corrected chi connectivity index (χ2v) is 4.76. The standard InChI is InChI=1S/C14H15N5O2/c20-13-11(9-15-10-17-13)14(21)19-7-5-18(6-8-19)12-3-1-2-4-16-12/h1-4,9-10H,5-8H2,(H,15,17,20). The lowest BCUT2D eigenvalue weighted by molar-refractivity contribution is 0.0744. The third-order valence-corrected chi connectivity index (χ3v) is 3.49. The fourth-order valence-corrected chi connectivity index (χ4v) is 2.35. The fourth-order valence-electron chi connectivity index (χ4n) is 2.35. The summed E-state index contributed by atoms with van der Waals surface area (Å²) in [6, 6.07) is 5.76. The number of H-pyrrole nitrogens is 1. The molecule has 0 atom stereocenters. The molecular formula is C14H15N5O2. The molecule has 1 saturated heterocycles. The summed E-state index contributed by atoms with van der Waals surface area (Å²) in [5.74, 6) is 0.633. The molecule has 7 nitrogen and oxygen atoms in total. The minimum Gasteiger partial charge on any atom is -0.353 e. The molecule has 1 amide bonds. The van der Waals surface area contributed by atoms with Crippen molar-refractivity contribution in [1.82, 2.24) is 19.9 Å². The van der Waals surface area contributed by atoms with Gasteiger partial charge in [-0.2, -0.15) is 0 Å². The van der Waals surface area contributed by atoms with E-state index in [0.717, 1.165) is 5.82 Å². The van der Waals surface area contributed by atoms with Gasteiger partial charge in [0.25, 0.3) is 11.5 Å². The van der Waals surface area contributed by atoms with Gasteiger partial charge in [0, 0.05) is 38.6 Å². The molecule has 0 aliphatic carbocycles. The molecule has 3 heterocycles. The van der Waals surface area contributed by atoms with Crippen LogP contribution in [0.5, 0.6) is 0 Å². The second-order valence-electron chi connectivity index (χ2n) is 4.76. The zero-order valence-corrected chi connectivity index (χ0v) is 11.4. The Labute approximate surface area is 121 Å². The summed E-state index contributed by atoms with van der Waals surface area (Å²) in [6.07, 6.45) is 4.34. The van der Waals surface area contributed by atoms with Crippen LogP contribution in [0.15, 0.2) is 41.7 Å². The van der Waals surface area contributed by atoms with Crippen LogP contribution in [0.1, 0.15) is 10.4 Å². The van der Waals surface area contributed by atoms with Crippen LogP contribution in [0.2, 0.25) is 0 Å². The number of rotatable bonds is 2. The SMILES string of the molecule is O=C(c1cnc[nH]c1=O)N1CCN(c2ccccn2)CC1. The predicted octanol–water partition coefficient (Wildman–Crippen LogP) is 0.127. The second kappa shape index (κ2) is 5.74. The van der Waals surface area contributed by atoms with Gasteiger partial charge in [-0.25, -0.2) is 9.97 Å². The van der Waals surface area contributed by atoms with Crippen molar-refractivity contribution in [2.45, 2.75) is 0 Å². The molecule has 1 fully saturated rings. The maximum Gasteiger partial charge on any atom is 0.263 e. The molecule has 108 valence electrons. The van der Waals surface area contributed by atoms with Gasteiger partial charge in [0.2, 0.25) is 0 Å². The van der Waals surface area contributed by atoms with Crippen LogP contribution >= 0.6 is 0 Å². The van der Waals surface area contributed by atoms with Crippen LogP contribution in [-0.4, -0.2) is 51.9 Å². The van der Waals surface area contributed by atoms with Gasteiger partial charge in [-0.1, -0.05) is 6.07 Å². The topological polar surface area (TPSA) is 82.2 Å². The molecule has 3 rings (SSSR count). The number of carbonyl (C=O) groups is 1. The van der Waals surface area contributed by atoms with Gasteiger partial charge in [0.15, 0.2) is 0 Å². The van der Waals surface area contributed by atoms with Crippen molar-refractivity contribution in [1.29, 1.82) is 0 Å². The number of piperazine rings is 1. The molecule has 0 unspecified atom stereocenters. The first-order valence-corrected chi connectivity index (χ1v) is 6.73. The van der Waals surface area contributed by atoms with Crippen molar-refractivity contribution in [3.8, 4) is 0 Å². The summed E-state index contributed by atoms with van der Waals surface area (Å²) in [4.78, 5) is 38.2. The number of hydrogen-bond acceptors (Lipinski definition) is 5. The molecule has 0 radical (unpaired) electrons. The summed E-state index contributed by atoms with van der Waals surface area (Å²) < 4.78 is 0. The lowest BCUT2D eigenvalue weighted by Crippen LogP contribution is -2.49. The Balaban J connectivity index is 1.68. The molecule has 0 bridgehead atoms. The monoisotopic (exact) mass is 285 g/mol. The van der Waals surface area contributed by atoms with Crippen LogP contribution in [0, 0.1) is 0 Å². The van der Waals surface area contributed by atoms with Crippen LogP contribution < -0.4 is 10.5 Å². The van der Waals surface area contributed by atoms with E-state index in [4.69, 9.17) is 0 Å². The average Bonchev–Trinajstić information content (AvgIpc) is 2.56. The molecule has 2 aromatic rings. The largest absolute Gasteiger partial charge is 0.353 e. The van der Waals surface area contributed by atoms with Crippen LogP contribution in [0.25, 0.3) is 0 Å². The molecule has 21 heavy (non-hydrogen) atoms. The average molecular weight is 285 g/mol. The van der Waals surface area contributed by atoms with E-state index in [9.17, 15) is 9.59 Å². The minimum absolute atomic E-state index is 0.0868. The van der Waals surface area contributed by atoms with Gasteiger partial charge in [-0.05, 0) is 12.1 Å². The van der Waals surface area contributed by atoms with E-state index >= 15 is 0 Å². The number of amides is 1. The van der Waals surface area contributed by atoms with E-state index in [0.29, 0.717) is 26.2 Å². The van der Waals surface area contributed by atoms with Crippen molar-refractivity contribution >= 4 is 11.7 Å². The smallest absolute Gasteiger partial charge is 0.263 e. The Morgan fingerprint density at radius 2 is 2.00 bits per heavy atom. The first-order chi connectivity index (χ1) is 10.3. The van der Waals surface area contributed by atoms with E-state index in [1.54, 1.807) is 11.1 Å². The third kappa shape index (κ3) is 2.76. The number of aromatic amines is 1. The quantitative estimate of drug-likeness (QED) is 0.848. The summed E-state index contributed by atoms with van der Waals surface area (Å²) >= 11 is 0. The predicted molar refractivity (Wildman–Crippen MR) is 77.2 cm³/mol. The zero-order valence-electron chi connectivity index (χ0n) is 11.4. The van der Waals surface area contributed by atoms with Crippen molar-refractivity contribution in [3.05, 3.63) is 52.8 Å². The maximum absolute atomic E-state index is 12.3. The van der Waals surface area contributed by atoms with Crippen molar-refractivity contribution < 1.29 is 4.79 Å². The number of hydrogen-bond donors (Lipinski definition) is 1. The van der Waals surface area contributed by atoms with Gasteiger partial charge >= 0.3 is 0 Å². The summed E-state index contributed by atoms with van der Waals surface area (Å²) in [6.45, 7) is 2.51. The zero-order chi connectivity index (χ0) is 14.7. The van der Waals surface area contributed by atoms with Crippen molar-refractivity contribution in [2.24, 2.45) is 0 Å². The van der Waals surface area contributed by atoms with Crippen LogP contribution in [0.4, 0.5) is 5.82 Å². The highest BCUT2D eigenvalue weighted by atomic mass is 16.2. The minimum atomic E-state index is -0.401. The maximum atomic E-state index is 12.3. The van der Waals surface area contributed by atoms with E-state index < -0.39 is 5.56 Å². The van der Waals surface area contributed by atoms with Crippen molar-refractivity contribution in [2.75, 3.05) is 31.1 Å². The molecule has 2 aromatic heterocycles. The summed E-state index contributed by atoms with van der Waals surface area (Å²) in [5.41, 5.74) is -0.314. The highest BCUT2D eigenvalue weighted by molar-refractivity contribution is 5.93. The van der Waals surface area contributed by atoms with E-state index in [1.807, 2.05) is 18.2 Å². The number of carbonyl (C=O) groups excluding carboxylic acids is 1. The van der Waals surface area contributed by atoms with E-state index in [2.05, 4.69) is 19.9 Å². The molecule has 0 saturated carbocycles. The first kappa shape index (κ1) is 13.3. The first-order valence-electron chi connectivity index (χ1n) is 6.73. The van der Waals surface area contributed by atoms with Crippen molar-refractivity contribution in [3.63, 3.8) is 0 Å². The number of nitrogens with zero attached hydrogens (tertiary/aromatic N) is 4. The highest BCUT2D eigenvalue weighted by Crippen LogP contribution is 2.13. The number of pyridine rings is 1. The molecule has 1 aliphatic heterocycles. The number of aromatic nitrogens is 3. The molecule has 1 N–H and O–H groups in total. The fraction of sp³-hybridized carbons (Fsp3) is 0.286. The number of nitrogens with one attached hydrogen (secondary N) is 1.